The Morgan fingerprint density at radius 3 is 2.59 bits per heavy atom. The van der Waals surface area contributed by atoms with Gasteiger partial charge in [-0.25, -0.2) is 0 Å². The number of allylic oxidation sites excluding steroid dienone is 4. The SMILES string of the molecule is CC(C)CCC[C@@H](C)[C@H]1CC[C@H]2[C@@H]3C(=NO)C=C4C=CCC[C@]4(C)[C@H]3CC[C@]12C. The van der Waals surface area contributed by atoms with Crippen LogP contribution < -0.4 is 0 Å². The van der Waals surface area contributed by atoms with Gasteiger partial charge in [-0.05, 0) is 90.6 Å². The Kier molecular flexibility index (Phi) is 5.77. The average molecular weight is 398 g/mol. The van der Waals surface area contributed by atoms with Gasteiger partial charge in [-0.1, -0.05) is 71.2 Å². The number of nitrogens with zero attached hydrogens (tertiary/aromatic N) is 1. The second kappa shape index (κ2) is 7.89. The van der Waals surface area contributed by atoms with Crippen LogP contribution >= 0.6 is 0 Å². The number of hydrogen-bond donors (Lipinski definition) is 1. The van der Waals surface area contributed by atoms with E-state index in [-0.39, 0.29) is 5.41 Å². The molecule has 0 spiro atoms. The first-order valence-electron chi connectivity index (χ1n) is 12.4. The molecule has 0 aromatic carbocycles. The first kappa shape index (κ1) is 21.2. The van der Waals surface area contributed by atoms with Gasteiger partial charge in [0.05, 0.1) is 5.71 Å². The summed E-state index contributed by atoms with van der Waals surface area (Å²) < 4.78 is 0. The van der Waals surface area contributed by atoms with Gasteiger partial charge in [-0.15, -0.1) is 0 Å². The van der Waals surface area contributed by atoms with Gasteiger partial charge in [0.1, 0.15) is 0 Å². The van der Waals surface area contributed by atoms with Gasteiger partial charge in [0, 0.05) is 5.92 Å². The quantitative estimate of drug-likeness (QED) is 0.375. The Balaban J connectivity index is 1.59. The lowest BCUT2D eigenvalue weighted by Crippen LogP contribution is -2.52. The topological polar surface area (TPSA) is 32.6 Å². The van der Waals surface area contributed by atoms with Gasteiger partial charge >= 0.3 is 0 Å². The first-order chi connectivity index (χ1) is 13.8. The van der Waals surface area contributed by atoms with Crippen LogP contribution in [0, 0.1) is 46.3 Å². The minimum atomic E-state index is 0.274. The number of hydrogen-bond acceptors (Lipinski definition) is 2. The Bertz CT molecular complexity index is 703. The summed E-state index contributed by atoms with van der Waals surface area (Å²) in [6.07, 6.45) is 18.8. The van der Waals surface area contributed by atoms with Crippen LogP contribution in [0.25, 0.3) is 0 Å². The Morgan fingerprint density at radius 1 is 1.07 bits per heavy atom. The minimum Gasteiger partial charge on any atom is -0.411 e. The van der Waals surface area contributed by atoms with Crippen LogP contribution in [0.4, 0.5) is 0 Å². The first-order valence-corrected chi connectivity index (χ1v) is 12.4. The molecule has 0 aromatic rings. The van der Waals surface area contributed by atoms with Crippen LogP contribution in [0.15, 0.2) is 29.0 Å². The molecule has 4 aliphatic rings. The summed E-state index contributed by atoms with van der Waals surface area (Å²) >= 11 is 0. The number of oxime groups is 1. The molecule has 0 heterocycles. The molecule has 1 N–H and O–H groups in total. The third-order valence-electron chi connectivity index (χ3n) is 9.84. The molecule has 2 saturated carbocycles. The lowest BCUT2D eigenvalue weighted by Gasteiger charge is -2.57. The van der Waals surface area contributed by atoms with E-state index >= 15 is 0 Å². The highest BCUT2D eigenvalue weighted by molar-refractivity contribution is 5.99. The van der Waals surface area contributed by atoms with E-state index < -0.39 is 0 Å². The molecule has 2 heteroatoms. The molecular formula is C27H43NO. The van der Waals surface area contributed by atoms with Crippen molar-refractivity contribution in [3.05, 3.63) is 23.8 Å². The lowest BCUT2D eigenvalue weighted by atomic mass is 9.47. The van der Waals surface area contributed by atoms with Gasteiger partial charge in [-0.2, -0.15) is 0 Å². The van der Waals surface area contributed by atoms with Crippen LogP contribution in [0.5, 0.6) is 0 Å². The fourth-order valence-electron chi connectivity index (χ4n) is 8.18. The summed E-state index contributed by atoms with van der Waals surface area (Å²) in [5.74, 6) is 4.26. The third-order valence-corrected chi connectivity index (χ3v) is 9.84. The molecular weight excluding hydrogens is 354 g/mol. The van der Waals surface area contributed by atoms with E-state index in [9.17, 15) is 5.21 Å². The molecule has 4 aliphatic carbocycles. The maximum atomic E-state index is 9.97. The molecule has 0 bridgehead atoms. The summed E-state index contributed by atoms with van der Waals surface area (Å²) in [7, 11) is 0. The molecule has 0 aromatic heterocycles. The van der Waals surface area contributed by atoms with E-state index in [0.29, 0.717) is 23.2 Å². The predicted octanol–water partition coefficient (Wildman–Crippen LogP) is 7.63. The lowest BCUT2D eigenvalue weighted by molar-refractivity contribution is -0.0175. The van der Waals surface area contributed by atoms with E-state index in [4.69, 9.17) is 0 Å². The largest absolute Gasteiger partial charge is 0.411 e. The van der Waals surface area contributed by atoms with E-state index in [1.807, 2.05) is 0 Å². The molecule has 0 saturated heterocycles. The summed E-state index contributed by atoms with van der Waals surface area (Å²) in [4.78, 5) is 0. The second-order valence-electron chi connectivity index (χ2n) is 11.8. The molecule has 2 nitrogen and oxygen atoms in total. The van der Waals surface area contributed by atoms with Gasteiger partial charge in [0.25, 0.3) is 0 Å². The van der Waals surface area contributed by atoms with Gasteiger partial charge in [0.2, 0.25) is 0 Å². The zero-order valence-corrected chi connectivity index (χ0v) is 19.5. The third kappa shape index (κ3) is 3.43. The normalized spacial score (nSPS) is 43.7. The Morgan fingerprint density at radius 2 is 1.86 bits per heavy atom. The van der Waals surface area contributed by atoms with Crippen molar-refractivity contribution < 1.29 is 5.21 Å². The van der Waals surface area contributed by atoms with Gasteiger partial charge in [-0.3, -0.25) is 0 Å². The number of rotatable bonds is 5. The zero-order chi connectivity index (χ0) is 20.8. The van der Waals surface area contributed by atoms with Crippen LogP contribution in [0.2, 0.25) is 0 Å². The molecule has 0 aliphatic heterocycles. The molecule has 0 unspecified atom stereocenters. The van der Waals surface area contributed by atoms with E-state index in [1.54, 1.807) is 0 Å². The standard InChI is InChI=1S/C27H43NO/c1-18(2)9-8-10-19(3)21-12-13-22-25-23(14-16-27(21,22)5)26(4)15-7-6-11-20(26)17-24(25)28-29/h6,11,17-19,21-23,25,29H,7-10,12-16H2,1-5H3/t19-,21-,22+,23+,25+,26+,27-/m1/s1. The molecule has 0 radical (unpaired) electrons. The van der Waals surface area contributed by atoms with E-state index in [2.05, 4.69) is 58.0 Å². The second-order valence-corrected chi connectivity index (χ2v) is 11.8. The highest BCUT2D eigenvalue weighted by atomic mass is 16.4. The summed E-state index contributed by atoms with van der Waals surface area (Å²) in [6.45, 7) is 12.3. The Labute approximate surface area is 178 Å². The smallest absolute Gasteiger partial charge is 0.0835 e. The summed E-state index contributed by atoms with van der Waals surface area (Å²) in [5.41, 5.74) is 3.09. The molecule has 0 amide bonds. The maximum absolute atomic E-state index is 9.97. The van der Waals surface area contributed by atoms with Gasteiger partial charge < -0.3 is 5.21 Å². The summed E-state index contributed by atoms with van der Waals surface area (Å²) in [6, 6.07) is 0. The Hall–Kier alpha value is -1.05. The minimum absolute atomic E-state index is 0.274. The van der Waals surface area contributed by atoms with Gasteiger partial charge in [0.15, 0.2) is 0 Å². The van der Waals surface area contributed by atoms with E-state index in [1.165, 1.54) is 63.4 Å². The summed E-state index contributed by atoms with van der Waals surface area (Å²) in [5, 5.41) is 13.9. The highest BCUT2D eigenvalue weighted by Gasteiger charge is 2.60. The van der Waals surface area contributed by atoms with Crippen LogP contribution in [0.3, 0.4) is 0 Å². The fourth-order valence-corrected chi connectivity index (χ4v) is 8.18. The van der Waals surface area contributed by atoms with Crippen LogP contribution in [0.1, 0.15) is 92.4 Å². The van der Waals surface area contributed by atoms with Crippen LogP contribution in [-0.2, 0) is 0 Å². The van der Waals surface area contributed by atoms with Crippen molar-refractivity contribution >= 4 is 5.71 Å². The molecule has 7 atom stereocenters. The van der Waals surface area contributed by atoms with Crippen molar-refractivity contribution in [3.63, 3.8) is 0 Å². The van der Waals surface area contributed by atoms with Crippen molar-refractivity contribution in [1.29, 1.82) is 0 Å². The van der Waals surface area contributed by atoms with E-state index in [0.717, 1.165) is 23.5 Å². The van der Waals surface area contributed by atoms with Crippen molar-refractivity contribution in [2.24, 2.45) is 51.5 Å². The fraction of sp³-hybridized carbons (Fsp3) is 0.815. The molecule has 29 heavy (non-hydrogen) atoms. The molecule has 162 valence electrons. The number of fused-ring (bicyclic) bond motifs is 5. The van der Waals surface area contributed by atoms with Crippen molar-refractivity contribution in [1.82, 2.24) is 0 Å². The highest BCUT2D eigenvalue weighted by Crippen LogP contribution is 2.66. The monoisotopic (exact) mass is 397 g/mol. The van der Waals surface area contributed by atoms with Crippen molar-refractivity contribution in [3.8, 4) is 0 Å². The maximum Gasteiger partial charge on any atom is 0.0835 e. The average Bonchev–Trinajstić information content (AvgIpc) is 3.04. The zero-order valence-electron chi connectivity index (χ0n) is 19.5. The van der Waals surface area contributed by atoms with Crippen molar-refractivity contribution in [2.75, 3.05) is 0 Å². The van der Waals surface area contributed by atoms with Crippen molar-refractivity contribution in [2.45, 2.75) is 92.4 Å². The van der Waals surface area contributed by atoms with Crippen LogP contribution in [-0.4, -0.2) is 10.9 Å². The predicted molar refractivity (Wildman–Crippen MR) is 122 cm³/mol. The molecule has 2 fully saturated rings. The molecule has 4 rings (SSSR count).